The zero-order valence-electron chi connectivity index (χ0n) is 14.5. The van der Waals surface area contributed by atoms with E-state index in [4.69, 9.17) is 0 Å². The van der Waals surface area contributed by atoms with Gasteiger partial charge in [0, 0.05) is 25.3 Å². The Labute approximate surface area is 153 Å². The molecule has 0 radical (unpaired) electrons. The van der Waals surface area contributed by atoms with Crippen molar-refractivity contribution >= 4 is 18.3 Å². The number of nitrogens with zero attached hydrogens (tertiary/aromatic N) is 1. The molecule has 2 aromatic rings. The molecule has 0 saturated carbocycles. The van der Waals surface area contributed by atoms with Crippen molar-refractivity contribution in [2.24, 2.45) is 0 Å². The first-order valence-electron chi connectivity index (χ1n) is 8.40. The number of carbonyl (C=O) groups is 1. The van der Waals surface area contributed by atoms with Crippen molar-refractivity contribution < 1.29 is 4.79 Å². The summed E-state index contributed by atoms with van der Waals surface area (Å²) in [6, 6.07) is 11.7. The van der Waals surface area contributed by atoms with Crippen LogP contribution in [0.15, 0.2) is 41.2 Å². The Bertz CT molecular complexity index is 786. The van der Waals surface area contributed by atoms with E-state index in [0.717, 1.165) is 24.2 Å². The van der Waals surface area contributed by atoms with Crippen LogP contribution >= 0.6 is 12.4 Å². The first-order chi connectivity index (χ1) is 11.6. The van der Waals surface area contributed by atoms with Crippen LogP contribution in [0.4, 0.5) is 0 Å². The lowest BCUT2D eigenvalue weighted by Crippen LogP contribution is -2.49. The molecule has 0 aliphatic carbocycles. The standard InChI is InChI=1S/C19H23N3O2.ClH/c1-3-14-5-7-15(8-6-14)17-12-20-10-11-22(17)19(24)16-9-4-13(2)21-18(16)23;/h4-9,17,20H,3,10-12H2,1-2H3,(H,21,23);1H. The van der Waals surface area contributed by atoms with Gasteiger partial charge in [-0.25, -0.2) is 0 Å². The largest absolute Gasteiger partial charge is 0.329 e. The topological polar surface area (TPSA) is 65.2 Å². The molecule has 0 bridgehead atoms. The summed E-state index contributed by atoms with van der Waals surface area (Å²) < 4.78 is 0. The predicted octanol–water partition coefficient (Wildman–Crippen LogP) is 2.45. The molecule has 1 aromatic carbocycles. The van der Waals surface area contributed by atoms with Gasteiger partial charge in [0.2, 0.25) is 0 Å². The molecule has 6 heteroatoms. The minimum atomic E-state index is -0.321. The third-order valence-corrected chi connectivity index (χ3v) is 4.56. The minimum Gasteiger partial charge on any atom is -0.329 e. The third-order valence-electron chi connectivity index (χ3n) is 4.56. The minimum absolute atomic E-state index is 0. The molecule has 134 valence electrons. The first-order valence-corrected chi connectivity index (χ1v) is 8.40. The van der Waals surface area contributed by atoms with Crippen LogP contribution in [0.1, 0.15) is 40.1 Å². The number of rotatable bonds is 3. The molecule has 3 rings (SSSR count). The Balaban J connectivity index is 0.00000225. The van der Waals surface area contributed by atoms with Crippen molar-refractivity contribution in [3.05, 3.63) is 69.1 Å². The lowest BCUT2D eigenvalue weighted by atomic mass is 10.00. The number of amides is 1. The maximum absolute atomic E-state index is 12.9. The smallest absolute Gasteiger partial charge is 0.260 e. The molecule has 2 heterocycles. The molecule has 1 fully saturated rings. The fourth-order valence-electron chi connectivity index (χ4n) is 3.12. The van der Waals surface area contributed by atoms with Crippen LogP contribution in [0.3, 0.4) is 0 Å². The summed E-state index contributed by atoms with van der Waals surface area (Å²) in [4.78, 5) is 29.6. The summed E-state index contributed by atoms with van der Waals surface area (Å²) in [5, 5.41) is 3.34. The molecule has 1 saturated heterocycles. The van der Waals surface area contributed by atoms with Crippen LogP contribution in [-0.2, 0) is 6.42 Å². The Kier molecular flexibility index (Phi) is 6.39. The van der Waals surface area contributed by atoms with Crippen LogP contribution in [-0.4, -0.2) is 35.4 Å². The molecule has 2 N–H and O–H groups in total. The lowest BCUT2D eigenvalue weighted by molar-refractivity contribution is 0.0632. The Morgan fingerprint density at radius 1 is 1.20 bits per heavy atom. The Hall–Kier alpha value is -2.11. The number of hydrogen-bond acceptors (Lipinski definition) is 3. The SMILES string of the molecule is CCc1ccc(C2CNCCN2C(=O)c2ccc(C)[nH]c2=O)cc1.Cl. The van der Waals surface area contributed by atoms with Gasteiger partial charge in [-0.15, -0.1) is 12.4 Å². The zero-order chi connectivity index (χ0) is 17.1. The average molecular weight is 362 g/mol. The van der Waals surface area contributed by atoms with Crippen LogP contribution in [0.5, 0.6) is 0 Å². The monoisotopic (exact) mass is 361 g/mol. The van der Waals surface area contributed by atoms with Gasteiger partial charge in [-0.05, 0) is 36.6 Å². The summed E-state index contributed by atoms with van der Waals surface area (Å²) in [6.07, 6.45) is 0.991. The van der Waals surface area contributed by atoms with Gasteiger partial charge >= 0.3 is 0 Å². The van der Waals surface area contributed by atoms with E-state index in [-0.39, 0.29) is 35.5 Å². The van der Waals surface area contributed by atoms with E-state index in [1.807, 2.05) is 0 Å². The Morgan fingerprint density at radius 2 is 1.92 bits per heavy atom. The van der Waals surface area contributed by atoms with Crippen molar-refractivity contribution in [1.29, 1.82) is 0 Å². The third kappa shape index (κ3) is 4.11. The quantitative estimate of drug-likeness (QED) is 0.882. The van der Waals surface area contributed by atoms with Crippen molar-refractivity contribution in [3.63, 3.8) is 0 Å². The summed E-state index contributed by atoms with van der Waals surface area (Å²) in [5.74, 6) is -0.206. The number of pyridine rings is 1. The predicted molar refractivity (Wildman–Crippen MR) is 102 cm³/mol. The molecule has 0 spiro atoms. The van der Waals surface area contributed by atoms with E-state index >= 15 is 0 Å². The van der Waals surface area contributed by atoms with Crippen molar-refractivity contribution in [2.75, 3.05) is 19.6 Å². The molecule has 1 amide bonds. The van der Waals surface area contributed by atoms with E-state index in [1.54, 1.807) is 24.0 Å². The van der Waals surface area contributed by atoms with Gasteiger partial charge < -0.3 is 15.2 Å². The molecular formula is C19H24ClN3O2. The maximum Gasteiger partial charge on any atom is 0.260 e. The highest BCUT2D eigenvalue weighted by Crippen LogP contribution is 2.24. The Morgan fingerprint density at radius 3 is 2.56 bits per heavy atom. The summed E-state index contributed by atoms with van der Waals surface area (Å²) in [5.41, 5.74) is 3.01. The number of piperazine rings is 1. The summed E-state index contributed by atoms with van der Waals surface area (Å²) >= 11 is 0. The highest BCUT2D eigenvalue weighted by Gasteiger charge is 2.29. The van der Waals surface area contributed by atoms with E-state index in [1.165, 1.54) is 5.56 Å². The van der Waals surface area contributed by atoms with Gasteiger partial charge in [0.15, 0.2) is 0 Å². The number of aromatic nitrogens is 1. The van der Waals surface area contributed by atoms with Gasteiger partial charge in [-0.2, -0.15) is 0 Å². The van der Waals surface area contributed by atoms with E-state index < -0.39 is 0 Å². The van der Waals surface area contributed by atoms with Crippen LogP contribution in [0, 0.1) is 6.92 Å². The van der Waals surface area contributed by atoms with E-state index in [2.05, 4.69) is 41.5 Å². The second-order valence-corrected chi connectivity index (χ2v) is 6.20. The van der Waals surface area contributed by atoms with Crippen molar-refractivity contribution in [1.82, 2.24) is 15.2 Å². The van der Waals surface area contributed by atoms with Crippen LogP contribution in [0.2, 0.25) is 0 Å². The van der Waals surface area contributed by atoms with E-state index in [0.29, 0.717) is 13.1 Å². The fourth-order valence-corrected chi connectivity index (χ4v) is 3.12. The second kappa shape index (κ2) is 8.32. The fraction of sp³-hybridized carbons (Fsp3) is 0.368. The number of aryl methyl sites for hydroxylation is 2. The average Bonchev–Trinajstić information content (AvgIpc) is 2.61. The molecule has 1 atom stereocenters. The van der Waals surface area contributed by atoms with Gasteiger partial charge in [0.25, 0.3) is 11.5 Å². The van der Waals surface area contributed by atoms with Crippen molar-refractivity contribution in [2.45, 2.75) is 26.3 Å². The molecule has 5 nitrogen and oxygen atoms in total. The van der Waals surface area contributed by atoms with Gasteiger partial charge in [-0.1, -0.05) is 31.2 Å². The number of nitrogens with one attached hydrogen (secondary N) is 2. The number of halogens is 1. The zero-order valence-corrected chi connectivity index (χ0v) is 15.4. The van der Waals surface area contributed by atoms with Gasteiger partial charge in [-0.3, -0.25) is 9.59 Å². The molecule has 1 aliphatic rings. The number of aromatic amines is 1. The molecule has 1 aromatic heterocycles. The molecule has 1 unspecified atom stereocenters. The number of benzene rings is 1. The highest BCUT2D eigenvalue weighted by molar-refractivity contribution is 5.94. The van der Waals surface area contributed by atoms with Crippen molar-refractivity contribution in [3.8, 4) is 0 Å². The summed E-state index contributed by atoms with van der Waals surface area (Å²) in [6.45, 7) is 5.95. The molecule has 25 heavy (non-hydrogen) atoms. The lowest BCUT2D eigenvalue weighted by Gasteiger charge is -2.36. The van der Waals surface area contributed by atoms with Gasteiger partial charge in [0.05, 0.1) is 6.04 Å². The van der Waals surface area contributed by atoms with Crippen LogP contribution < -0.4 is 10.9 Å². The number of hydrogen-bond donors (Lipinski definition) is 2. The molecule has 1 aliphatic heterocycles. The second-order valence-electron chi connectivity index (χ2n) is 6.20. The summed E-state index contributed by atoms with van der Waals surface area (Å²) in [7, 11) is 0. The molecular weight excluding hydrogens is 338 g/mol. The first kappa shape index (κ1) is 19.2. The number of H-pyrrole nitrogens is 1. The normalized spacial score (nSPS) is 17.0. The van der Waals surface area contributed by atoms with Gasteiger partial charge in [0.1, 0.15) is 5.56 Å². The number of carbonyl (C=O) groups excluding carboxylic acids is 1. The van der Waals surface area contributed by atoms with E-state index in [9.17, 15) is 9.59 Å². The highest BCUT2D eigenvalue weighted by atomic mass is 35.5. The van der Waals surface area contributed by atoms with Crippen LogP contribution in [0.25, 0.3) is 0 Å². The maximum atomic E-state index is 12.9.